The number of methoxy groups -OCH3 is 1. The van der Waals surface area contributed by atoms with Crippen molar-refractivity contribution in [2.24, 2.45) is 0 Å². The standard InChI is InChI=1S/C22H20ClNO2S/c1-25-18-12-10-16(11-13-18)14-24-22(27)19-7-3-5-9-21(19)26-15-17-6-2-4-8-20(17)23/h2-13H,14-15H2,1H3,(H,24,27). The van der Waals surface area contributed by atoms with Crippen LogP contribution in [0.25, 0.3) is 0 Å². The zero-order valence-electron chi connectivity index (χ0n) is 14.9. The van der Waals surface area contributed by atoms with Crippen LogP contribution in [0, 0.1) is 0 Å². The molecule has 0 saturated heterocycles. The third-order valence-corrected chi connectivity index (χ3v) is 4.82. The molecule has 0 aliphatic heterocycles. The highest BCUT2D eigenvalue weighted by molar-refractivity contribution is 7.80. The SMILES string of the molecule is COc1ccc(CNC(=S)c2ccccc2OCc2ccccc2Cl)cc1. The molecule has 3 aromatic carbocycles. The summed E-state index contributed by atoms with van der Waals surface area (Å²) in [6.45, 7) is 1.01. The molecule has 0 atom stereocenters. The van der Waals surface area contributed by atoms with Crippen LogP contribution < -0.4 is 14.8 Å². The fraction of sp³-hybridized carbons (Fsp3) is 0.136. The lowest BCUT2D eigenvalue weighted by Gasteiger charge is -2.14. The lowest BCUT2D eigenvalue weighted by atomic mass is 10.1. The molecule has 0 aromatic heterocycles. The molecule has 27 heavy (non-hydrogen) atoms. The van der Waals surface area contributed by atoms with Gasteiger partial charge in [0.1, 0.15) is 23.1 Å². The Morgan fingerprint density at radius 2 is 1.67 bits per heavy atom. The first-order valence-electron chi connectivity index (χ1n) is 8.54. The Balaban J connectivity index is 1.65. The number of thiocarbonyl (C=S) groups is 1. The number of ether oxygens (including phenoxy) is 2. The van der Waals surface area contributed by atoms with E-state index in [9.17, 15) is 0 Å². The first-order valence-corrected chi connectivity index (χ1v) is 9.32. The minimum absolute atomic E-state index is 0.387. The van der Waals surface area contributed by atoms with Gasteiger partial charge in [0, 0.05) is 17.1 Å². The van der Waals surface area contributed by atoms with E-state index in [4.69, 9.17) is 33.3 Å². The average Bonchev–Trinajstić information content (AvgIpc) is 2.72. The van der Waals surface area contributed by atoms with Gasteiger partial charge in [-0.15, -0.1) is 0 Å². The van der Waals surface area contributed by atoms with Crippen LogP contribution in [0.4, 0.5) is 0 Å². The van der Waals surface area contributed by atoms with Crippen molar-refractivity contribution >= 4 is 28.8 Å². The molecule has 0 saturated carbocycles. The van der Waals surface area contributed by atoms with E-state index < -0.39 is 0 Å². The topological polar surface area (TPSA) is 30.5 Å². The normalized spacial score (nSPS) is 10.3. The minimum Gasteiger partial charge on any atom is -0.497 e. The Labute approximate surface area is 169 Å². The fourth-order valence-corrected chi connectivity index (χ4v) is 3.00. The van der Waals surface area contributed by atoms with Crippen LogP contribution in [0.3, 0.4) is 0 Å². The number of hydrogen-bond acceptors (Lipinski definition) is 3. The third kappa shape index (κ3) is 5.22. The van der Waals surface area contributed by atoms with Crippen molar-refractivity contribution in [1.29, 1.82) is 0 Å². The second kappa shape index (κ2) is 9.40. The number of halogens is 1. The molecule has 0 bridgehead atoms. The summed E-state index contributed by atoms with van der Waals surface area (Å²) in [5.41, 5.74) is 2.91. The van der Waals surface area contributed by atoms with Gasteiger partial charge in [-0.25, -0.2) is 0 Å². The summed E-state index contributed by atoms with van der Waals surface area (Å²) in [4.78, 5) is 0.639. The van der Waals surface area contributed by atoms with Gasteiger partial charge in [0.05, 0.1) is 12.7 Å². The van der Waals surface area contributed by atoms with E-state index in [2.05, 4.69) is 5.32 Å². The van der Waals surface area contributed by atoms with Crippen LogP contribution in [-0.2, 0) is 13.2 Å². The number of benzene rings is 3. The van der Waals surface area contributed by atoms with E-state index in [0.717, 1.165) is 28.2 Å². The smallest absolute Gasteiger partial charge is 0.129 e. The third-order valence-electron chi connectivity index (χ3n) is 4.08. The zero-order valence-corrected chi connectivity index (χ0v) is 16.5. The van der Waals surface area contributed by atoms with Crippen molar-refractivity contribution in [3.8, 4) is 11.5 Å². The quantitative estimate of drug-likeness (QED) is 0.541. The molecular formula is C22H20ClNO2S. The molecule has 0 heterocycles. The summed E-state index contributed by atoms with van der Waals surface area (Å²) < 4.78 is 11.2. The summed E-state index contributed by atoms with van der Waals surface area (Å²) in [5, 5.41) is 3.98. The average molecular weight is 398 g/mol. The van der Waals surface area contributed by atoms with Crippen molar-refractivity contribution in [3.63, 3.8) is 0 Å². The lowest BCUT2D eigenvalue weighted by molar-refractivity contribution is 0.305. The highest BCUT2D eigenvalue weighted by atomic mass is 35.5. The minimum atomic E-state index is 0.387. The summed E-state index contributed by atoms with van der Waals surface area (Å²) in [7, 11) is 1.65. The molecule has 0 aliphatic rings. The van der Waals surface area contributed by atoms with E-state index >= 15 is 0 Å². The highest BCUT2D eigenvalue weighted by Gasteiger charge is 2.09. The Kier molecular flexibility index (Phi) is 6.69. The van der Waals surface area contributed by atoms with Gasteiger partial charge in [0.25, 0.3) is 0 Å². The van der Waals surface area contributed by atoms with Gasteiger partial charge in [0.2, 0.25) is 0 Å². The largest absolute Gasteiger partial charge is 0.497 e. The first-order chi connectivity index (χ1) is 13.2. The van der Waals surface area contributed by atoms with Crippen LogP contribution >= 0.6 is 23.8 Å². The second-order valence-corrected chi connectivity index (χ2v) is 6.72. The summed E-state index contributed by atoms with van der Waals surface area (Å²) in [6, 6.07) is 23.3. The summed E-state index contributed by atoms with van der Waals surface area (Å²) in [6.07, 6.45) is 0. The van der Waals surface area contributed by atoms with Crippen molar-refractivity contribution in [3.05, 3.63) is 94.5 Å². The van der Waals surface area contributed by atoms with E-state index in [1.165, 1.54) is 0 Å². The van der Waals surface area contributed by atoms with Crippen molar-refractivity contribution in [2.45, 2.75) is 13.2 Å². The van der Waals surface area contributed by atoms with Crippen molar-refractivity contribution < 1.29 is 9.47 Å². The Bertz CT molecular complexity index is 912. The van der Waals surface area contributed by atoms with Crippen LogP contribution in [0.1, 0.15) is 16.7 Å². The molecule has 0 unspecified atom stereocenters. The van der Waals surface area contributed by atoms with Crippen LogP contribution in [0.5, 0.6) is 11.5 Å². The highest BCUT2D eigenvalue weighted by Crippen LogP contribution is 2.22. The number of rotatable bonds is 7. The van der Waals surface area contributed by atoms with E-state index in [-0.39, 0.29) is 0 Å². The maximum absolute atomic E-state index is 6.20. The zero-order chi connectivity index (χ0) is 19.1. The molecule has 0 aliphatic carbocycles. The number of para-hydroxylation sites is 1. The summed E-state index contributed by atoms with van der Waals surface area (Å²) in [5.74, 6) is 1.56. The molecule has 1 N–H and O–H groups in total. The van der Waals surface area contributed by atoms with Gasteiger partial charge in [-0.3, -0.25) is 0 Å². The molecule has 3 rings (SSSR count). The van der Waals surface area contributed by atoms with E-state index in [0.29, 0.717) is 23.2 Å². The van der Waals surface area contributed by atoms with Gasteiger partial charge in [-0.2, -0.15) is 0 Å². The molecule has 3 nitrogen and oxygen atoms in total. The molecule has 0 spiro atoms. The second-order valence-electron chi connectivity index (χ2n) is 5.91. The fourth-order valence-electron chi connectivity index (χ4n) is 2.57. The van der Waals surface area contributed by atoms with Crippen LogP contribution in [0.2, 0.25) is 5.02 Å². The molecule has 3 aromatic rings. The maximum Gasteiger partial charge on any atom is 0.129 e. The van der Waals surface area contributed by atoms with Crippen LogP contribution in [0.15, 0.2) is 72.8 Å². The van der Waals surface area contributed by atoms with Crippen molar-refractivity contribution in [1.82, 2.24) is 5.32 Å². The Morgan fingerprint density at radius 3 is 2.41 bits per heavy atom. The Morgan fingerprint density at radius 1 is 0.963 bits per heavy atom. The Hall–Kier alpha value is -2.56. The van der Waals surface area contributed by atoms with E-state index in [1.807, 2.05) is 72.8 Å². The van der Waals surface area contributed by atoms with Gasteiger partial charge < -0.3 is 14.8 Å². The lowest BCUT2D eigenvalue weighted by Crippen LogP contribution is -2.22. The molecule has 0 fully saturated rings. The van der Waals surface area contributed by atoms with Gasteiger partial charge >= 0.3 is 0 Å². The molecule has 0 radical (unpaired) electrons. The molecule has 5 heteroatoms. The number of hydrogen-bond donors (Lipinski definition) is 1. The van der Waals surface area contributed by atoms with Gasteiger partial charge in [0.15, 0.2) is 0 Å². The monoisotopic (exact) mass is 397 g/mol. The predicted molar refractivity (Wildman–Crippen MR) is 114 cm³/mol. The van der Waals surface area contributed by atoms with Gasteiger partial charge in [-0.05, 0) is 35.9 Å². The van der Waals surface area contributed by atoms with Crippen molar-refractivity contribution in [2.75, 3.05) is 7.11 Å². The molecule has 0 amide bonds. The maximum atomic E-state index is 6.20. The molecular weight excluding hydrogens is 378 g/mol. The van der Waals surface area contributed by atoms with Gasteiger partial charge in [-0.1, -0.05) is 66.3 Å². The predicted octanol–water partition coefficient (Wildman–Crippen LogP) is 5.39. The van der Waals surface area contributed by atoms with Crippen LogP contribution in [-0.4, -0.2) is 12.1 Å². The first kappa shape index (κ1) is 19.2. The number of nitrogens with one attached hydrogen (secondary N) is 1. The molecule has 138 valence electrons. The van der Waals surface area contributed by atoms with E-state index in [1.54, 1.807) is 7.11 Å². The summed E-state index contributed by atoms with van der Waals surface area (Å²) >= 11 is 11.8.